The molecule has 0 bridgehead atoms. The zero-order valence-electron chi connectivity index (χ0n) is 14.2. The van der Waals surface area contributed by atoms with E-state index in [1.807, 2.05) is 35.1 Å². The van der Waals surface area contributed by atoms with Gasteiger partial charge in [0.1, 0.15) is 5.82 Å². The molecule has 1 aliphatic rings. The van der Waals surface area contributed by atoms with Crippen LogP contribution in [0.2, 0.25) is 0 Å². The Kier molecular flexibility index (Phi) is 4.03. The van der Waals surface area contributed by atoms with Crippen LogP contribution in [0.25, 0.3) is 10.9 Å². The maximum absolute atomic E-state index is 13.3. The standard InChI is InChI=1S/C19H21FN4O/c1-13-9-22-23(11-13)12-16-3-2-6-24(16)19(25)7-14-10-21-18-8-15(20)4-5-17(14)18/h4-5,8-11,16,21H,2-3,6-7,12H2,1H3/t16-/m0/s1. The van der Waals surface area contributed by atoms with E-state index < -0.39 is 0 Å². The summed E-state index contributed by atoms with van der Waals surface area (Å²) in [6.07, 6.45) is 8.02. The Balaban J connectivity index is 1.49. The zero-order chi connectivity index (χ0) is 17.4. The van der Waals surface area contributed by atoms with Crippen molar-refractivity contribution in [3.8, 4) is 0 Å². The highest BCUT2D eigenvalue weighted by Gasteiger charge is 2.29. The highest BCUT2D eigenvalue weighted by Crippen LogP contribution is 2.23. The monoisotopic (exact) mass is 340 g/mol. The fraction of sp³-hybridized carbons (Fsp3) is 0.368. The number of halogens is 1. The number of aromatic amines is 1. The fourth-order valence-corrected chi connectivity index (χ4v) is 3.71. The van der Waals surface area contributed by atoms with Crippen LogP contribution in [0, 0.1) is 12.7 Å². The van der Waals surface area contributed by atoms with Gasteiger partial charge in [-0.15, -0.1) is 0 Å². The van der Waals surface area contributed by atoms with Gasteiger partial charge in [0.15, 0.2) is 0 Å². The van der Waals surface area contributed by atoms with Gasteiger partial charge in [-0.25, -0.2) is 4.39 Å². The van der Waals surface area contributed by atoms with E-state index >= 15 is 0 Å². The number of hydrogen-bond donors (Lipinski definition) is 1. The molecule has 0 unspecified atom stereocenters. The summed E-state index contributed by atoms with van der Waals surface area (Å²) < 4.78 is 15.2. The summed E-state index contributed by atoms with van der Waals surface area (Å²) in [5.41, 5.74) is 2.77. The van der Waals surface area contributed by atoms with Crippen molar-refractivity contribution < 1.29 is 9.18 Å². The molecule has 25 heavy (non-hydrogen) atoms. The third-order valence-corrected chi connectivity index (χ3v) is 4.93. The number of carbonyl (C=O) groups excluding carboxylic acids is 1. The van der Waals surface area contributed by atoms with E-state index in [0.29, 0.717) is 6.42 Å². The first-order valence-electron chi connectivity index (χ1n) is 8.64. The molecule has 5 nitrogen and oxygen atoms in total. The first-order valence-corrected chi connectivity index (χ1v) is 8.64. The van der Waals surface area contributed by atoms with Gasteiger partial charge >= 0.3 is 0 Å². The van der Waals surface area contributed by atoms with Crippen LogP contribution in [0.15, 0.2) is 36.8 Å². The number of fused-ring (bicyclic) bond motifs is 1. The number of aromatic nitrogens is 3. The lowest BCUT2D eigenvalue weighted by molar-refractivity contribution is -0.131. The van der Waals surface area contributed by atoms with Crippen molar-refractivity contribution in [2.45, 2.75) is 38.8 Å². The molecule has 4 rings (SSSR count). The van der Waals surface area contributed by atoms with Gasteiger partial charge < -0.3 is 9.88 Å². The summed E-state index contributed by atoms with van der Waals surface area (Å²) in [5.74, 6) is -0.155. The molecule has 1 saturated heterocycles. The van der Waals surface area contributed by atoms with Crippen LogP contribution in [0.1, 0.15) is 24.0 Å². The molecule has 6 heteroatoms. The number of aryl methyl sites for hydroxylation is 1. The molecular formula is C19H21FN4O. The van der Waals surface area contributed by atoms with Gasteiger partial charge in [0.25, 0.3) is 0 Å². The summed E-state index contributed by atoms with van der Waals surface area (Å²) in [6, 6.07) is 4.82. The number of nitrogens with one attached hydrogen (secondary N) is 1. The average molecular weight is 340 g/mol. The van der Waals surface area contributed by atoms with Crippen molar-refractivity contribution >= 4 is 16.8 Å². The van der Waals surface area contributed by atoms with Crippen LogP contribution in [-0.2, 0) is 17.8 Å². The van der Waals surface area contributed by atoms with Crippen molar-refractivity contribution in [1.29, 1.82) is 0 Å². The third-order valence-electron chi connectivity index (χ3n) is 4.93. The van der Waals surface area contributed by atoms with E-state index in [9.17, 15) is 9.18 Å². The van der Waals surface area contributed by atoms with Crippen molar-refractivity contribution in [3.63, 3.8) is 0 Å². The van der Waals surface area contributed by atoms with Gasteiger partial charge in [0.2, 0.25) is 5.91 Å². The van der Waals surface area contributed by atoms with Gasteiger partial charge in [0.05, 0.1) is 25.2 Å². The summed E-state index contributed by atoms with van der Waals surface area (Å²) >= 11 is 0. The topological polar surface area (TPSA) is 53.9 Å². The molecule has 0 saturated carbocycles. The SMILES string of the molecule is Cc1cnn(C[C@@H]2CCCN2C(=O)Cc2c[nH]c3cc(F)ccc23)c1. The molecule has 3 aromatic rings. The van der Waals surface area contributed by atoms with E-state index in [0.717, 1.165) is 48.0 Å². The number of H-pyrrole nitrogens is 1. The van der Waals surface area contributed by atoms with Gasteiger partial charge in [0, 0.05) is 29.8 Å². The summed E-state index contributed by atoms with van der Waals surface area (Å²) in [5, 5.41) is 5.25. The largest absolute Gasteiger partial charge is 0.361 e. The quantitative estimate of drug-likeness (QED) is 0.794. The van der Waals surface area contributed by atoms with Crippen LogP contribution >= 0.6 is 0 Å². The van der Waals surface area contributed by atoms with Crippen molar-refractivity contribution in [3.05, 3.63) is 53.7 Å². The second kappa shape index (κ2) is 6.35. The molecule has 1 fully saturated rings. The minimum absolute atomic E-state index is 0.122. The number of carbonyl (C=O) groups is 1. The molecule has 2 aromatic heterocycles. The molecule has 130 valence electrons. The predicted molar refractivity (Wildman–Crippen MR) is 93.7 cm³/mol. The average Bonchev–Trinajstić information content (AvgIpc) is 3.29. The van der Waals surface area contributed by atoms with Crippen molar-refractivity contribution in [1.82, 2.24) is 19.7 Å². The van der Waals surface area contributed by atoms with Crippen molar-refractivity contribution in [2.24, 2.45) is 0 Å². The van der Waals surface area contributed by atoms with Crippen LogP contribution in [0.5, 0.6) is 0 Å². The lowest BCUT2D eigenvalue weighted by atomic mass is 10.1. The van der Waals surface area contributed by atoms with E-state index in [1.54, 1.807) is 6.07 Å². The van der Waals surface area contributed by atoms with Gasteiger partial charge in [-0.1, -0.05) is 0 Å². The second-order valence-electron chi connectivity index (χ2n) is 6.80. The highest BCUT2D eigenvalue weighted by molar-refractivity contribution is 5.89. The molecule has 1 aromatic carbocycles. The molecule has 0 radical (unpaired) electrons. The number of nitrogens with zero attached hydrogens (tertiary/aromatic N) is 3. The zero-order valence-corrected chi connectivity index (χ0v) is 14.2. The molecular weight excluding hydrogens is 319 g/mol. The maximum Gasteiger partial charge on any atom is 0.227 e. The smallest absolute Gasteiger partial charge is 0.227 e. The molecule has 0 spiro atoms. The summed E-state index contributed by atoms with van der Waals surface area (Å²) in [7, 11) is 0. The predicted octanol–water partition coefficient (Wildman–Crippen LogP) is 3.05. The first-order chi connectivity index (χ1) is 12.1. The van der Waals surface area contributed by atoms with Gasteiger partial charge in [-0.05, 0) is 49.1 Å². The first kappa shape index (κ1) is 15.9. The van der Waals surface area contributed by atoms with E-state index in [2.05, 4.69) is 10.1 Å². The Hall–Kier alpha value is -2.63. The maximum atomic E-state index is 13.3. The molecule has 0 aliphatic carbocycles. The summed E-state index contributed by atoms with van der Waals surface area (Å²) in [6.45, 7) is 3.54. The van der Waals surface area contributed by atoms with E-state index in [1.165, 1.54) is 12.1 Å². The van der Waals surface area contributed by atoms with Gasteiger partial charge in [-0.3, -0.25) is 9.48 Å². The molecule has 1 atom stereocenters. The van der Waals surface area contributed by atoms with Crippen LogP contribution in [0.3, 0.4) is 0 Å². The summed E-state index contributed by atoms with van der Waals surface area (Å²) in [4.78, 5) is 17.9. The molecule has 1 amide bonds. The molecule has 3 heterocycles. The Bertz CT molecular complexity index is 913. The van der Waals surface area contributed by atoms with Crippen LogP contribution in [0.4, 0.5) is 4.39 Å². The number of amides is 1. The lowest BCUT2D eigenvalue weighted by Gasteiger charge is -2.24. The second-order valence-corrected chi connectivity index (χ2v) is 6.80. The fourth-order valence-electron chi connectivity index (χ4n) is 3.71. The number of likely N-dealkylation sites (tertiary alicyclic amines) is 1. The Morgan fingerprint density at radius 2 is 2.32 bits per heavy atom. The molecule has 1 aliphatic heterocycles. The number of rotatable bonds is 4. The van der Waals surface area contributed by atoms with E-state index in [4.69, 9.17) is 0 Å². The number of benzene rings is 1. The Morgan fingerprint density at radius 1 is 1.44 bits per heavy atom. The third kappa shape index (κ3) is 3.16. The minimum atomic E-state index is -0.277. The van der Waals surface area contributed by atoms with Crippen LogP contribution < -0.4 is 0 Å². The Labute approximate surface area is 145 Å². The number of hydrogen-bond acceptors (Lipinski definition) is 2. The lowest BCUT2D eigenvalue weighted by Crippen LogP contribution is -2.39. The van der Waals surface area contributed by atoms with Crippen LogP contribution in [-0.4, -0.2) is 38.2 Å². The van der Waals surface area contributed by atoms with Crippen molar-refractivity contribution in [2.75, 3.05) is 6.54 Å². The Morgan fingerprint density at radius 3 is 3.12 bits per heavy atom. The highest BCUT2D eigenvalue weighted by atomic mass is 19.1. The molecule has 1 N–H and O–H groups in total. The van der Waals surface area contributed by atoms with E-state index in [-0.39, 0.29) is 17.8 Å². The van der Waals surface area contributed by atoms with Gasteiger partial charge in [-0.2, -0.15) is 5.10 Å². The normalized spacial score (nSPS) is 17.5. The minimum Gasteiger partial charge on any atom is -0.361 e.